The zero-order valence-corrected chi connectivity index (χ0v) is 21.1. The average molecular weight is 413 g/mol. The number of hydrogen-bond acceptors (Lipinski definition) is 1. The van der Waals surface area contributed by atoms with Crippen LogP contribution in [0.25, 0.3) is 0 Å². The van der Waals surface area contributed by atoms with Gasteiger partial charge in [-0.2, -0.15) is 0 Å². The Morgan fingerprint density at radius 1 is 0.633 bits per heavy atom. The Morgan fingerprint density at radius 2 is 1.23 bits per heavy atom. The largest absolute Gasteiger partial charge is 0.300 e. The Labute approximate surface area is 186 Å². The molecule has 30 heavy (non-hydrogen) atoms. The van der Waals surface area contributed by atoms with E-state index in [1.165, 1.54) is 64.2 Å². The highest BCUT2D eigenvalue weighted by atomic mass is 16.1. The molecule has 5 fully saturated rings. The van der Waals surface area contributed by atoms with E-state index in [1.807, 2.05) is 6.92 Å². The molecule has 0 spiro atoms. The number of fused-ring (bicyclic) bond motifs is 7. The molecule has 1 heteroatoms. The predicted octanol–water partition coefficient (Wildman–Crippen LogP) is 8.07. The number of carbonyl (C=O) groups is 1. The standard InChI is InChI=1S/C29H48O/c1-19(30)20-11-16-26(4)21(20)12-17-28(6)23(26)9-10-24-27(5)15-8-14-25(2,3)22(27)13-18-29(24,28)7/h20-24H,8-18H2,1-7H3/t20-,21-,22-,23+,24+,26-,27-,28+,29+/m0/s1. The molecule has 0 radical (unpaired) electrons. The molecule has 5 aliphatic carbocycles. The molecule has 0 unspecified atom stereocenters. The molecule has 5 rings (SSSR count). The zero-order chi connectivity index (χ0) is 21.7. The maximum Gasteiger partial charge on any atom is 0.133 e. The second kappa shape index (κ2) is 6.38. The van der Waals surface area contributed by atoms with Gasteiger partial charge in [0.15, 0.2) is 0 Å². The third kappa shape index (κ3) is 2.45. The molecule has 0 bridgehead atoms. The molecule has 0 N–H and O–H groups in total. The van der Waals surface area contributed by atoms with Crippen molar-refractivity contribution in [3.8, 4) is 0 Å². The van der Waals surface area contributed by atoms with Gasteiger partial charge in [0, 0.05) is 5.92 Å². The first kappa shape index (κ1) is 21.5. The lowest BCUT2D eigenvalue weighted by molar-refractivity contribution is -0.240. The minimum Gasteiger partial charge on any atom is -0.300 e. The quantitative estimate of drug-likeness (QED) is 0.425. The van der Waals surface area contributed by atoms with E-state index in [2.05, 4.69) is 41.5 Å². The summed E-state index contributed by atoms with van der Waals surface area (Å²) >= 11 is 0. The molecule has 5 aliphatic rings. The van der Waals surface area contributed by atoms with E-state index >= 15 is 0 Å². The summed E-state index contributed by atoms with van der Waals surface area (Å²) in [6.07, 6.45) is 15.3. The lowest BCUT2D eigenvalue weighted by atomic mass is 9.32. The summed E-state index contributed by atoms with van der Waals surface area (Å²) < 4.78 is 0. The van der Waals surface area contributed by atoms with Crippen molar-refractivity contribution in [3.63, 3.8) is 0 Å². The second-order valence-corrected chi connectivity index (χ2v) is 14.4. The first-order valence-electron chi connectivity index (χ1n) is 13.4. The van der Waals surface area contributed by atoms with E-state index in [1.54, 1.807) is 0 Å². The molecule has 0 aromatic rings. The van der Waals surface area contributed by atoms with Crippen molar-refractivity contribution >= 4 is 5.78 Å². The fourth-order valence-corrected chi connectivity index (χ4v) is 11.8. The second-order valence-electron chi connectivity index (χ2n) is 14.4. The molecule has 0 amide bonds. The summed E-state index contributed by atoms with van der Waals surface area (Å²) in [7, 11) is 0. The van der Waals surface area contributed by atoms with Crippen molar-refractivity contribution in [2.75, 3.05) is 0 Å². The Morgan fingerprint density at radius 3 is 1.87 bits per heavy atom. The van der Waals surface area contributed by atoms with E-state index in [-0.39, 0.29) is 0 Å². The highest BCUT2D eigenvalue weighted by Gasteiger charge is 2.70. The van der Waals surface area contributed by atoms with Gasteiger partial charge in [0.2, 0.25) is 0 Å². The van der Waals surface area contributed by atoms with E-state index in [9.17, 15) is 4.79 Å². The molecule has 1 nitrogen and oxygen atoms in total. The van der Waals surface area contributed by atoms with Gasteiger partial charge >= 0.3 is 0 Å². The molecule has 0 saturated heterocycles. The molecular formula is C29H48O. The molecule has 0 aromatic carbocycles. The molecule has 9 atom stereocenters. The van der Waals surface area contributed by atoms with E-state index < -0.39 is 0 Å². The van der Waals surface area contributed by atoms with Crippen LogP contribution >= 0.6 is 0 Å². The van der Waals surface area contributed by atoms with Gasteiger partial charge in [0.25, 0.3) is 0 Å². The number of carbonyl (C=O) groups excluding carboxylic acids is 1. The number of rotatable bonds is 1. The normalized spacial score (nSPS) is 57.0. The summed E-state index contributed by atoms with van der Waals surface area (Å²) in [5.74, 6) is 4.13. The molecule has 0 aliphatic heterocycles. The van der Waals surface area contributed by atoms with Crippen LogP contribution in [0.5, 0.6) is 0 Å². The average Bonchev–Trinajstić information content (AvgIpc) is 2.99. The summed E-state index contributed by atoms with van der Waals surface area (Å²) in [6, 6.07) is 0. The van der Waals surface area contributed by atoms with Crippen LogP contribution in [0, 0.1) is 56.7 Å². The maximum atomic E-state index is 12.4. The monoisotopic (exact) mass is 412 g/mol. The van der Waals surface area contributed by atoms with E-state index in [0.717, 1.165) is 24.2 Å². The van der Waals surface area contributed by atoms with Gasteiger partial charge in [0.05, 0.1) is 0 Å². The lowest BCUT2D eigenvalue weighted by Gasteiger charge is -2.73. The molecule has 170 valence electrons. The van der Waals surface area contributed by atoms with Gasteiger partial charge in [0.1, 0.15) is 5.78 Å². The minimum absolute atomic E-state index is 0.359. The topological polar surface area (TPSA) is 17.1 Å². The molecule has 0 aromatic heterocycles. The van der Waals surface area contributed by atoms with Crippen LogP contribution in [-0.4, -0.2) is 5.78 Å². The molecule has 5 saturated carbocycles. The van der Waals surface area contributed by atoms with Crippen molar-refractivity contribution in [2.24, 2.45) is 56.7 Å². The van der Waals surface area contributed by atoms with Crippen LogP contribution in [0.2, 0.25) is 0 Å². The van der Waals surface area contributed by atoms with Gasteiger partial charge in [-0.15, -0.1) is 0 Å². The Kier molecular flexibility index (Phi) is 4.57. The zero-order valence-electron chi connectivity index (χ0n) is 21.1. The van der Waals surface area contributed by atoms with Gasteiger partial charge in [-0.25, -0.2) is 0 Å². The predicted molar refractivity (Wildman–Crippen MR) is 125 cm³/mol. The van der Waals surface area contributed by atoms with E-state index in [0.29, 0.717) is 44.7 Å². The number of Topliss-reactive ketones (excluding diaryl/α,β-unsaturated/α-hetero) is 1. The van der Waals surface area contributed by atoms with Gasteiger partial charge in [-0.3, -0.25) is 4.79 Å². The highest BCUT2D eigenvalue weighted by molar-refractivity contribution is 5.79. The fraction of sp³-hybridized carbons (Fsp3) is 0.966. The van der Waals surface area contributed by atoms with E-state index in [4.69, 9.17) is 0 Å². The number of hydrogen-bond donors (Lipinski definition) is 0. The van der Waals surface area contributed by atoms with Crippen LogP contribution < -0.4 is 0 Å². The third-order valence-corrected chi connectivity index (χ3v) is 13.2. The van der Waals surface area contributed by atoms with Crippen LogP contribution in [0.4, 0.5) is 0 Å². The SMILES string of the molecule is CC(=O)[C@@H]1CC[C@]2(C)[C@H]3CC[C@@H]4[C@@]5(C)CCCC(C)(C)[C@@H]5CC[C@@]4(C)[C@]3(C)CC[C@@H]12. The number of ketones is 1. The van der Waals surface area contributed by atoms with Crippen LogP contribution in [0.1, 0.15) is 119 Å². The molecular weight excluding hydrogens is 364 g/mol. The smallest absolute Gasteiger partial charge is 0.133 e. The highest BCUT2D eigenvalue weighted by Crippen LogP contribution is 2.77. The third-order valence-electron chi connectivity index (χ3n) is 13.2. The Hall–Kier alpha value is -0.330. The summed E-state index contributed by atoms with van der Waals surface area (Å²) in [4.78, 5) is 12.4. The lowest BCUT2D eigenvalue weighted by Crippen LogP contribution is -2.65. The van der Waals surface area contributed by atoms with Gasteiger partial charge < -0.3 is 0 Å². The maximum absolute atomic E-state index is 12.4. The van der Waals surface area contributed by atoms with Crippen LogP contribution in [0.3, 0.4) is 0 Å². The van der Waals surface area contributed by atoms with Crippen LogP contribution in [-0.2, 0) is 4.79 Å². The van der Waals surface area contributed by atoms with Crippen LogP contribution in [0.15, 0.2) is 0 Å². The van der Waals surface area contributed by atoms with Crippen molar-refractivity contribution < 1.29 is 4.79 Å². The Bertz CT molecular complexity index is 737. The first-order valence-corrected chi connectivity index (χ1v) is 13.4. The van der Waals surface area contributed by atoms with Crippen molar-refractivity contribution in [3.05, 3.63) is 0 Å². The van der Waals surface area contributed by atoms with Gasteiger partial charge in [-0.1, -0.05) is 48.0 Å². The summed E-state index contributed by atoms with van der Waals surface area (Å²) in [6.45, 7) is 17.8. The Balaban J connectivity index is 1.53. The summed E-state index contributed by atoms with van der Waals surface area (Å²) in [5.41, 5.74) is 2.41. The van der Waals surface area contributed by atoms with Crippen molar-refractivity contribution in [2.45, 2.75) is 119 Å². The first-order chi connectivity index (χ1) is 13.9. The fourth-order valence-electron chi connectivity index (χ4n) is 11.8. The minimum atomic E-state index is 0.359. The summed E-state index contributed by atoms with van der Waals surface area (Å²) in [5, 5.41) is 0. The molecule has 0 heterocycles. The van der Waals surface area contributed by atoms with Crippen molar-refractivity contribution in [1.29, 1.82) is 0 Å². The van der Waals surface area contributed by atoms with Crippen molar-refractivity contribution in [1.82, 2.24) is 0 Å². The van der Waals surface area contributed by atoms with Gasteiger partial charge in [-0.05, 0) is 122 Å².